The molecule has 0 aliphatic heterocycles. The summed E-state index contributed by atoms with van der Waals surface area (Å²) in [6, 6.07) is 9.47. The van der Waals surface area contributed by atoms with E-state index in [4.69, 9.17) is 21.4 Å². The molecule has 0 radical (unpaired) electrons. The Bertz CT molecular complexity index is 731. The van der Waals surface area contributed by atoms with Gasteiger partial charge < -0.3 is 9.84 Å². The van der Waals surface area contributed by atoms with E-state index in [1.165, 1.54) is 12.1 Å². The van der Waals surface area contributed by atoms with Gasteiger partial charge in [0.25, 0.3) is 0 Å². The standard InChI is InChI=1S/C16H11BrClFO3/c17-13-8-12(18)7-10(5-6-15(20)21)16(13)22-9-11-3-1-2-4-14(11)19/h1-8H,9H2,(H,20,21). The van der Waals surface area contributed by atoms with Crippen molar-refractivity contribution < 1.29 is 19.0 Å². The van der Waals surface area contributed by atoms with Crippen LogP contribution in [0.4, 0.5) is 4.39 Å². The van der Waals surface area contributed by atoms with Crippen molar-refractivity contribution in [1.29, 1.82) is 0 Å². The van der Waals surface area contributed by atoms with Crippen molar-refractivity contribution in [2.24, 2.45) is 0 Å². The predicted molar refractivity (Wildman–Crippen MR) is 86.6 cm³/mol. The number of hydrogen-bond donors (Lipinski definition) is 1. The summed E-state index contributed by atoms with van der Waals surface area (Å²) in [7, 11) is 0. The van der Waals surface area contributed by atoms with Gasteiger partial charge in [-0.15, -0.1) is 0 Å². The van der Waals surface area contributed by atoms with E-state index in [1.54, 1.807) is 30.3 Å². The second-order valence-electron chi connectivity index (χ2n) is 4.36. The molecule has 0 saturated carbocycles. The Morgan fingerprint density at radius 2 is 2.09 bits per heavy atom. The van der Waals surface area contributed by atoms with E-state index in [-0.39, 0.29) is 12.4 Å². The molecule has 2 aromatic carbocycles. The summed E-state index contributed by atoms with van der Waals surface area (Å²) in [6.45, 7) is 0.0147. The molecule has 22 heavy (non-hydrogen) atoms. The summed E-state index contributed by atoms with van der Waals surface area (Å²) in [5.74, 6) is -1.06. The second kappa shape index (κ2) is 7.42. The number of aliphatic carboxylic acids is 1. The van der Waals surface area contributed by atoms with Crippen molar-refractivity contribution in [1.82, 2.24) is 0 Å². The number of carboxylic acid groups (broad SMARTS) is 1. The highest BCUT2D eigenvalue weighted by molar-refractivity contribution is 9.10. The third kappa shape index (κ3) is 4.32. The van der Waals surface area contributed by atoms with Crippen LogP contribution in [0.1, 0.15) is 11.1 Å². The van der Waals surface area contributed by atoms with Gasteiger partial charge in [0.15, 0.2) is 0 Å². The van der Waals surface area contributed by atoms with Gasteiger partial charge in [-0.2, -0.15) is 0 Å². The zero-order chi connectivity index (χ0) is 16.1. The Morgan fingerprint density at radius 1 is 1.36 bits per heavy atom. The molecule has 0 atom stereocenters. The molecule has 1 N–H and O–H groups in total. The third-order valence-electron chi connectivity index (χ3n) is 2.77. The van der Waals surface area contributed by atoms with Crippen molar-refractivity contribution in [3.63, 3.8) is 0 Å². The summed E-state index contributed by atoms with van der Waals surface area (Å²) in [6.07, 6.45) is 2.35. The third-order valence-corrected chi connectivity index (χ3v) is 3.58. The molecular formula is C16H11BrClFO3. The quantitative estimate of drug-likeness (QED) is 0.743. The van der Waals surface area contributed by atoms with E-state index >= 15 is 0 Å². The summed E-state index contributed by atoms with van der Waals surface area (Å²) in [4.78, 5) is 10.7. The molecule has 0 heterocycles. The Balaban J connectivity index is 2.29. The van der Waals surface area contributed by atoms with Crippen molar-refractivity contribution in [3.05, 3.63) is 68.9 Å². The van der Waals surface area contributed by atoms with Crippen LogP contribution in [0.5, 0.6) is 5.75 Å². The fraction of sp³-hybridized carbons (Fsp3) is 0.0625. The molecule has 0 spiro atoms. The van der Waals surface area contributed by atoms with Gasteiger partial charge in [0.1, 0.15) is 18.2 Å². The van der Waals surface area contributed by atoms with Crippen LogP contribution in [-0.2, 0) is 11.4 Å². The van der Waals surface area contributed by atoms with Crippen molar-refractivity contribution >= 4 is 39.6 Å². The highest BCUT2D eigenvalue weighted by Crippen LogP contribution is 2.34. The zero-order valence-corrected chi connectivity index (χ0v) is 13.6. The van der Waals surface area contributed by atoms with Crippen LogP contribution in [0, 0.1) is 5.82 Å². The molecule has 0 unspecified atom stereocenters. The number of carbonyl (C=O) groups is 1. The van der Waals surface area contributed by atoms with Crippen molar-refractivity contribution in [3.8, 4) is 5.75 Å². The van der Waals surface area contributed by atoms with Gasteiger partial charge in [-0.05, 0) is 40.2 Å². The molecule has 0 aromatic heterocycles. The first-order chi connectivity index (χ1) is 10.5. The predicted octanol–water partition coefficient (Wildman–Crippen LogP) is 4.92. The molecule has 0 aliphatic carbocycles. The van der Waals surface area contributed by atoms with E-state index < -0.39 is 5.97 Å². The monoisotopic (exact) mass is 384 g/mol. The molecule has 6 heteroatoms. The van der Waals surface area contributed by atoms with E-state index in [1.807, 2.05) is 0 Å². The molecule has 114 valence electrons. The summed E-state index contributed by atoms with van der Waals surface area (Å²) >= 11 is 9.27. The Labute approximate surface area is 140 Å². The van der Waals surface area contributed by atoms with Gasteiger partial charge in [0.2, 0.25) is 0 Å². The maximum Gasteiger partial charge on any atom is 0.328 e. The van der Waals surface area contributed by atoms with Crippen molar-refractivity contribution in [2.75, 3.05) is 0 Å². The van der Waals surface area contributed by atoms with Crippen LogP contribution in [0.15, 0.2) is 46.9 Å². The van der Waals surface area contributed by atoms with Gasteiger partial charge in [0.05, 0.1) is 4.47 Å². The van der Waals surface area contributed by atoms with E-state index in [0.717, 1.165) is 6.08 Å². The number of hydrogen-bond acceptors (Lipinski definition) is 2. The average Bonchev–Trinajstić information content (AvgIpc) is 2.45. The molecule has 0 saturated heterocycles. The Morgan fingerprint density at radius 3 is 2.77 bits per heavy atom. The van der Waals surface area contributed by atoms with E-state index in [0.29, 0.717) is 26.4 Å². The normalized spacial score (nSPS) is 10.9. The summed E-state index contributed by atoms with van der Waals surface area (Å²) in [5.41, 5.74) is 0.885. The van der Waals surface area contributed by atoms with Gasteiger partial charge >= 0.3 is 5.97 Å². The molecule has 2 aromatic rings. The van der Waals surface area contributed by atoms with Crippen LogP contribution in [0.25, 0.3) is 6.08 Å². The lowest BCUT2D eigenvalue weighted by molar-refractivity contribution is -0.131. The van der Waals surface area contributed by atoms with Crippen LogP contribution in [-0.4, -0.2) is 11.1 Å². The van der Waals surface area contributed by atoms with Crippen LogP contribution >= 0.6 is 27.5 Å². The molecular weight excluding hydrogens is 375 g/mol. The lowest BCUT2D eigenvalue weighted by atomic mass is 10.2. The summed E-state index contributed by atoms with van der Waals surface area (Å²) < 4.78 is 19.8. The second-order valence-corrected chi connectivity index (χ2v) is 5.65. The molecule has 0 amide bonds. The molecule has 0 aliphatic rings. The van der Waals surface area contributed by atoms with Gasteiger partial charge in [-0.25, -0.2) is 9.18 Å². The Kier molecular flexibility index (Phi) is 5.57. The minimum absolute atomic E-state index is 0.0147. The van der Waals surface area contributed by atoms with E-state index in [9.17, 15) is 9.18 Å². The largest absolute Gasteiger partial charge is 0.487 e. The SMILES string of the molecule is O=C(O)C=Cc1cc(Cl)cc(Br)c1OCc1ccccc1F. The molecule has 0 fully saturated rings. The number of benzene rings is 2. The van der Waals surface area contributed by atoms with Gasteiger partial charge in [-0.3, -0.25) is 0 Å². The molecule has 3 nitrogen and oxygen atoms in total. The topological polar surface area (TPSA) is 46.5 Å². The van der Waals surface area contributed by atoms with Crippen LogP contribution in [0.2, 0.25) is 5.02 Å². The van der Waals surface area contributed by atoms with Gasteiger partial charge in [0, 0.05) is 22.2 Å². The first-order valence-corrected chi connectivity index (χ1v) is 7.40. The van der Waals surface area contributed by atoms with Crippen LogP contribution in [0.3, 0.4) is 0 Å². The lowest BCUT2D eigenvalue weighted by Gasteiger charge is -2.12. The number of ether oxygens (including phenoxy) is 1. The highest BCUT2D eigenvalue weighted by atomic mass is 79.9. The Hall–Kier alpha value is -1.85. The molecule has 2 rings (SSSR count). The number of rotatable bonds is 5. The smallest absolute Gasteiger partial charge is 0.328 e. The first kappa shape index (κ1) is 16.5. The summed E-state index contributed by atoms with van der Waals surface area (Å²) in [5, 5.41) is 9.15. The minimum Gasteiger partial charge on any atom is -0.487 e. The average molecular weight is 386 g/mol. The minimum atomic E-state index is -1.09. The number of halogens is 3. The lowest BCUT2D eigenvalue weighted by Crippen LogP contribution is -2.00. The van der Waals surface area contributed by atoms with Crippen LogP contribution < -0.4 is 4.74 Å². The maximum atomic E-state index is 13.6. The maximum absolute atomic E-state index is 13.6. The van der Waals surface area contributed by atoms with E-state index in [2.05, 4.69) is 15.9 Å². The first-order valence-electron chi connectivity index (χ1n) is 6.23. The van der Waals surface area contributed by atoms with Gasteiger partial charge in [-0.1, -0.05) is 29.8 Å². The highest BCUT2D eigenvalue weighted by Gasteiger charge is 2.10. The zero-order valence-electron chi connectivity index (χ0n) is 11.2. The van der Waals surface area contributed by atoms with Crippen molar-refractivity contribution in [2.45, 2.75) is 6.61 Å². The fourth-order valence-corrected chi connectivity index (χ4v) is 2.73. The molecule has 0 bridgehead atoms. The fourth-order valence-electron chi connectivity index (χ4n) is 1.78. The number of carboxylic acids is 1.